The third-order valence-corrected chi connectivity index (χ3v) is 7.36. The van der Waals surface area contributed by atoms with Crippen LogP contribution in [0.15, 0.2) is 121 Å². The number of para-hydroxylation sites is 1. The van der Waals surface area contributed by atoms with E-state index in [9.17, 15) is 0 Å². The van der Waals surface area contributed by atoms with Gasteiger partial charge < -0.3 is 4.90 Å². The van der Waals surface area contributed by atoms with Gasteiger partial charge in [0.2, 0.25) is 0 Å². The Bertz CT molecular complexity index is 1540. The monoisotopic (exact) mass is 441 g/mol. The average molecular weight is 442 g/mol. The van der Waals surface area contributed by atoms with Crippen molar-refractivity contribution < 1.29 is 0 Å². The zero-order valence-corrected chi connectivity index (χ0v) is 19.2. The Morgan fingerprint density at radius 3 is 1.88 bits per heavy atom. The van der Waals surface area contributed by atoms with Crippen LogP contribution >= 0.6 is 11.3 Å². The lowest BCUT2D eigenvalue weighted by molar-refractivity contribution is 1.30. The molecule has 0 amide bonds. The maximum Gasteiger partial charge on any atom is 0.0640 e. The lowest BCUT2D eigenvalue weighted by Crippen LogP contribution is -2.09. The van der Waals surface area contributed by atoms with Crippen molar-refractivity contribution in [3.63, 3.8) is 0 Å². The number of nitrogens with zero attached hydrogens (tertiary/aromatic N) is 1. The van der Waals surface area contributed by atoms with E-state index < -0.39 is 0 Å². The second-order valence-corrected chi connectivity index (χ2v) is 9.39. The molecule has 0 saturated heterocycles. The SMILES string of the molecule is Cc1ccc(-c2ccc(N(c3ccccc3)c3cccc4c3sc3ccccc34)cc2)cc1. The van der Waals surface area contributed by atoms with Gasteiger partial charge in [0.25, 0.3) is 0 Å². The molecule has 0 bridgehead atoms. The molecule has 5 aromatic carbocycles. The summed E-state index contributed by atoms with van der Waals surface area (Å²) < 4.78 is 2.63. The van der Waals surface area contributed by atoms with Gasteiger partial charge in [0, 0.05) is 26.8 Å². The molecule has 0 spiro atoms. The molecule has 1 heterocycles. The molecule has 0 aliphatic heterocycles. The number of anilines is 3. The summed E-state index contributed by atoms with van der Waals surface area (Å²) in [6.45, 7) is 2.12. The van der Waals surface area contributed by atoms with Crippen molar-refractivity contribution in [1.82, 2.24) is 0 Å². The molecular weight excluding hydrogens is 418 g/mol. The van der Waals surface area contributed by atoms with Crippen LogP contribution < -0.4 is 4.90 Å². The van der Waals surface area contributed by atoms with Crippen LogP contribution in [0.3, 0.4) is 0 Å². The quantitative estimate of drug-likeness (QED) is 0.263. The van der Waals surface area contributed by atoms with Gasteiger partial charge in [-0.15, -0.1) is 11.3 Å². The highest BCUT2D eigenvalue weighted by Gasteiger charge is 2.17. The van der Waals surface area contributed by atoms with E-state index in [-0.39, 0.29) is 0 Å². The first-order chi connectivity index (χ1) is 16.3. The molecule has 1 nitrogen and oxygen atoms in total. The molecule has 0 unspecified atom stereocenters. The van der Waals surface area contributed by atoms with E-state index >= 15 is 0 Å². The first-order valence-electron chi connectivity index (χ1n) is 11.2. The third-order valence-electron chi connectivity index (χ3n) is 6.15. The number of hydrogen-bond acceptors (Lipinski definition) is 2. The standard InChI is InChI=1S/C31H23NS/c1-22-14-16-23(17-15-22)24-18-20-26(21-19-24)32(25-8-3-2-4-9-25)29-12-7-11-28-27-10-5-6-13-30(27)33-31(28)29/h2-21H,1H3. The van der Waals surface area contributed by atoms with E-state index in [0.29, 0.717) is 0 Å². The van der Waals surface area contributed by atoms with E-state index in [1.54, 1.807) is 0 Å². The summed E-state index contributed by atoms with van der Waals surface area (Å²) in [6, 6.07) is 43.6. The summed E-state index contributed by atoms with van der Waals surface area (Å²) in [5.41, 5.74) is 7.27. The van der Waals surface area contributed by atoms with Gasteiger partial charge in [-0.25, -0.2) is 0 Å². The second kappa shape index (κ2) is 8.23. The average Bonchev–Trinajstić information content (AvgIpc) is 3.26. The molecule has 0 radical (unpaired) electrons. The molecule has 0 aliphatic carbocycles. The minimum Gasteiger partial charge on any atom is -0.309 e. The predicted molar refractivity (Wildman–Crippen MR) is 144 cm³/mol. The fourth-order valence-corrected chi connectivity index (χ4v) is 5.67. The van der Waals surface area contributed by atoms with Crippen LogP contribution in [0.25, 0.3) is 31.3 Å². The van der Waals surface area contributed by atoms with Crippen molar-refractivity contribution in [2.24, 2.45) is 0 Å². The highest BCUT2D eigenvalue weighted by atomic mass is 32.1. The van der Waals surface area contributed by atoms with Crippen molar-refractivity contribution in [3.8, 4) is 11.1 Å². The summed E-state index contributed by atoms with van der Waals surface area (Å²) in [6.07, 6.45) is 0. The van der Waals surface area contributed by atoms with Crippen LogP contribution in [0.2, 0.25) is 0 Å². The van der Waals surface area contributed by atoms with Crippen molar-refractivity contribution in [1.29, 1.82) is 0 Å². The molecule has 0 atom stereocenters. The highest BCUT2D eigenvalue weighted by molar-refractivity contribution is 7.26. The van der Waals surface area contributed by atoms with E-state index in [2.05, 4.69) is 133 Å². The van der Waals surface area contributed by atoms with Crippen molar-refractivity contribution in [2.45, 2.75) is 6.92 Å². The molecular formula is C31H23NS. The second-order valence-electron chi connectivity index (χ2n) is 8.34. The molecule has 2 heteroatoms. The van der Waals surface area contributed by atoms with Crippen molar-refractivity contribution in [3.05, 3.63) is 127 Å². The number of hydrogen-bond donors (Lipinski definition) is 0. The summed E-state index contributed by atoms with van der Waals surface area (Å²) in [7, 11) is 0. The summed E-state index contributed by atoms with van der Waals surface area (Å²) in [4.78, 5) is 2.37. The minimum absolute atomic E-state index is 1.15. The van der Waals surface area contributed by atoms with Crippen LogP contribution in [0.4, 0.5) is 17.1 Å². The van der Waals surface area contributed by atoms with Crippen LogP contribution in [-0.2, 0) is 0 Å². The third kappa shape index (κ3) is 3.59. The number of rotatable bonds is 4. The lowest BCUT2D eigenvalue weighted by atomic mass is 10.0. The topological polar surface area (TPSA) is 3.24 Å². The Kier molecular flexibility index (Phi) is 4.93. The van der Waals surface area contributed by atoms with Gasteiger partial charge in [0.15, 0.2) is 0 Å². The molecule has 0 aliphatic rings. The Morgan fingerprint density at radius 1 is 0.515 bits per heavy atom. The largest absolute Gasteiger partial charge is 0.309 e. The van der Waals surface area contributed by atoms with E-state index in [0.717, 1.165) is 11.4 Å². The van der Waals surface area contributed by atoms with Gasteiger partial charge in [0.1, 0.15) is 0 Å². The van der Waals surface area contributed by atoms with E-state index in [4.69, 9.17) is 0 Å². The van der Waals surface area contributed by atoms with Gasteiger partial charge in [-0.2, -0.15) is 0 Å². The zero-order chi connectivity index (χ0) is 22.2. The van der Waals surface area contributed by atoms with E-state index in [1.807, 2.05) is 11.3 Å². The molecule has 0 N–H and O–H groups in total. The van der Waals surface area contributed by atoms with Gasteiger partial charge >= 0.3 is 0 Å². The van der Waals surface area contributed by atoms with Crippen LogP contribution in [0.1, 0.15) is 5.56 Å². The molecule has 33 heavy (non-hydrogen) atoms. The molecule has 6 rings (SSSR count). The first kappa shape index (κ1) is 19.8. The van der Waals surface area contributed by atoms with Crippen molar-refractivity contribution >= 4 is 48.6 Å². The fraction of sp³-hybridized carbons (Fsp3) is 0.0323. The smallest absolute Gasteiger partial charge is 0.0640 e. The van der Waals surface area contributed by atoms with Crippen LogP contribution in [-0.4, -0.2) is 0 Å². The van der Waals surface area contributed by atoms with Gasteiger partial charge in [-0.05, 0) is 54.4 Å². The molecule has 0 saturated carbocycles. The molecule has 6 aromatic rings. The minimum atomic E-state index is 1.15. The summed E-state index contributed by atoms with van der Waals surface area (Å²) >= 11 is 1.87. The molecule has 158 valence electrons. The number of thiophene rings is 1. The van der Waals surface area contributed by atoms with Crippen LogP contribution in [0, 0.1) is 6.92 Å². The van der Waals surface area contributed by atoms with E-state index in [1.165, 1.54) is 42.6 Å². The zero-order valence-electron chi connectivity index (χ0n) is 18.4. The van der Waals surface area contributed by atoms with Gasteiger partial charge in [0.05, 0.1) is 10.4 Å². The summed E-state index contributed by atoms with van der Waals surface area (Å²) in [5, 5.41) is 2.63. The van der Waals surface area contributed by atoms with Crippen molar-refractivity contribution in [2.75, 3.05) is 4.90 Å². The lowest BCUT2D eigenvalue weighted by Gasteiger charge is -2.26. The molecule has 0 fully saturated rings. The predicted octanol–water partition coefficient (Wildman–Crippen LogP) is 9.50. The Labute approximate surface area is 198 Å². The maximum atomic E-state index is 2.37. The normalized spacial score (nSPS) is 11.2. The number of aryl methyl sites for hydroxylation is 1. The van der Waals surface area contributed by atoms with Gasteiger partial charge in [-0.1, -0.05) is 90.5 Å². The Balaban J connectivity index is 1.52. The van der Waals surface area contributed by atoms with Gasteiger partial charge in [-0.3, -0.25) is 0 Å². The Hall–Kier alpha value is -3.88. The number of benzene rings is 5. The maximum absolute atomic E-state index is 2.37. The first-order valence-corrected chi connectivity index (χ1v) is 12.0. The molecule has 1 aromatic heterocycles. The van der Waals surface area contributed by atoms with Crippen LogP contribution in [0.5, 0.6) is 0 Å². The fourth-order valence-electron chi connectivity index (χ4n) is 4.46. The highest BCUT2D eigenvalue weighted by Crippen LogP contribution is 2.44. The Morgan fingerprint density at radius 2 is 1.12 bits per heavy atom. The summed E-state index contributed by atoms with van der Waals surface area (Å²) in [5.74, 6) is 0. The number of fused-ring (bicyclic) bond motifs is 3.